The van der Waals surface area contributed by atoms with Gasteiger partial charge in [-0.05, 0) is 24.3 Å². The third-order valence-corrected chi connectivity index (χ3v) is 6.37. The van der Waals surface area contributed by atoms with Crippen LogP contribution in [-0.2, 0) is 43.2 Å². The van der Waals surface area contributed by atoms with E-state index in [0.29, 0.717) is 29.9 Å². The van der Waals surface area contributed by atoms with Crippen molar-refractivity contribution in [1.82, 2.24) is 15.2 Å². The van der Waals surface area contributed by atoms with Crippen LogP contribution in [0.5, 0.6) is 0 Å². The van der Waals surface area contributed by atoms with Crippen molar-refractivity contribution < 1.29 is 43.2 Å². The molecule has 0 N–H and O–H groups in total. The highest BCUT2D eigenvalue weighted by molar-refractivity contribution is 8.00. The zero-order valence-electron chi connectivity index (χ0n) is 26.3. The molecular weight excluding hydrogens is 562 g/mol. The molecule has 0 aromatic rings. The molecule has 40 heavy (non-hydrogen) atoms. The molecule has 0 heterocycles. The molecule has 0 aromatic heterocycles. The molecule has 0 spiro atoms. The van der Waals surface area contributed by atoms with Crippen molar-refractivity contribution in [3.8, 4) is 0 Å². The van der Waals surface area contributed by atoms with Gasteiger partial charge in [0.15, 0.2) is 0 Å². The summed E-state index contributed by atoms with van der Waals surface area (Å²) in [5.74, 6) is 0.217. The van der Waals surface area contributed by atoms with Crippen LogP contribution in [0, 0.1) is 0 Å². The van der Waals surface area contributed by atoms with Crippen LogP contribution in [0.25, 0.3) is 0 Å². The summed E-state index contributed by atoms with van der Waals surface area (Å²) >= 11 is 3.49. The zero-order chi connectivity index (χ0) is 31.8. The smallest absolute Gasteiger partial charge is 0.329 e. The Kier molecular flexibility index (Phi) is 27.5. The number of rotatable bonds is 13. The summed E-state index contributed by atoms with van der Waals surface area (Å²) in [4.78, 5) is 68.6. The molecule has 12 nitrogen and oxygen atoms in total. The normalized spacial score (nSPS) is 10.2. The predicted molar refractivity (Wildman–Crippen MR) is 159 cm³/mol. The quantitative estimate of drug-likeness (QED) is 0.282. The molecule has 0 aliphatic carbocycles. The van der Waals surface area contributed by atoms with Gasteiger partial charge in [-0.2, -0.15) is 33.7 Å². The van der Waals surface area contributed by atoms with Crippen LogP contribution in [-0.4, -0.2) is 108 Å². The Hall–Kier alpha value is -2.03. The highest BCUT2D eigenvalue weighted by Crippen LogP contribution is 2.11. The highest BCUT2D eigenvalue weighted by atomic mass is 32.2. The second-order valence-electron chi connectivity index (χ2n) is 9.03. The van der Waals surface area contributed by atoms with E-state index in [2.05, 4.69) is 37.4 Å². The van der Waals surface area contributed by atoms with E-state index in [0.717, 1.165) is 21.6 Å². The summed E-state index contributed by atoms with van der Waals surface area (Å²) < 4.78 is 5.18. The van der Waals surface area contributed by atoms with Gasteiger partial charge in [-0.1, -0.05) is 27.7 Å². The van der Waals surface area contributed by atoms with Crippen molar-refractivity contribution in [3.05, 3.63) is 0 Å². The molecule has 0 saturated heterocycles. The number of carbonyl (C=O) groups is 5. The number of ether oxygens (including phenoxy) is 1. The summed E-state index contributed by atoms with van der Waals surface area (Å²) in [5, 5.41) is 4.28. The van der Waals surface area contributed by atoms with Crippen molar-refractivity contribution in [2.45, 2.75) is 91.3 Å². The number of hydroxylamine groups is 6. The zero-order valence-corrected chi connectivity index (χ0v) is 27.9. The van der Waals surface area contributed by atoms with Crippen LogP contribution in [0.15, 0.2) is 0 Å². The fourth-order valence-corrected chi connectivity index (χ4v) is 3.74. The van der Waals surface area contributed by atoms with Crippen LogP contribution < -0.4 is 0 Å². The van der Waals surface area contributed by atoms with Gasteiger partial charge >= 0.3 is 11.9 Å². The standard InChI is InChI=1S/C9H17NO4.C9H17NO3S.C8H17NO2S/c1-7(2)13-6-5-9(12)10(4)14-8(3)11;1-7(2)14-6-5-9(12)10(4)13-8(3)11;1-7(2)12-6-5-8(10)9(3)11-4/h2*7H,5-6H2,1-4H3;7H,5-6H2,1-4H3. The number of carbonyl (C=O) groups excluding carboxylic acids is 5. The van der Waals surface area contributed by atoms with Crippen LogP contribution in [0.3, 0.4) is 0 Å². The maximum Gasteiger partial charge on any atom is 0.329 e. The van der Waals surface area contributed by atoms with Crippen molar-refractivity contribution in [3.63, 3.8) is 0 Å². The van der Waals surface area contributed by atoms with E-state index in [4.69, 9.17) is 9.57 Å². The molecule has 14 heteroatoms. The molecule has 0 fully saturated rings. The summed E-state index contributed by atoms with van der Waals surface area (Å²) in [7, 11) is 5.97. The maximum absolute atomic E-state index is 11.3. The van der Waals surface area contributed by atoms with Gasteiger partial charge in [-0.25, -0.2) is 5.06 Å². The van der Waals surface area contributed by atoms with E-state index in [1.165, 1.54) is 40.1 Å². The summed E-state index contributed by atoms with van der Waals surface area (Å²) in [6.07, 6.45) is 1.25. The second kappa shape index (κ2) is 25.9. The average Bonchev–Trinajstić information content (AvgIpc) is 2.82. The maximum atomic E-state index is 11.3. The Morgan fingerprint density at radius 1 is 0.625 bits per heavy atom. The van der Waals surface area contributed by atoms with E-state index in [-0.39, 0.29) is 30.2 Å². The molecule has 0 aliphatic rings. The number of hydrogen-bond acceptors (Lipinski definition) is 11. The Morgan fingerprint density at radius 3 is 1.27 bits per heavy atom. The average molecular weight is 614 g/mol. The van der Waals surface area contributed by atoms with E-state index >= 15 is 0 Å². The molecule has 0 unspecified atom stereocenters. The summed E-state index contributed by atoms with van der Waals surface area (Å²) in [6, 6.07) is 0. The van der Waals surface area contributed by atoms with Crippen molar-refractivity contribution in [2.75, 3.05) is 46.4 Å². The van der Waals surface area contributed by atoms with Gasteiger partial charge in [0, 0.05) is 59.3 Å². The first-order valence-electron chi connectivity index (χ1n) is 13.0. The molecule has 0 rings (SSSR count). The monoisotopic (exact) mass is 613 g/mol. The number of thioether (sulfide) groups is 2. The van der Waals surface area contributed by atoms with Gasteiger partial charge in [0.1, 0.15) is 0 Å². The summed E-state index contributed by atoms with van der Waals surface area (Å²) in [5.41, 5.74) is 0. The fourth-order valence-electron chi connectivity index (χ4n) is 2.21. The minimum Gasteiger partial charge on any atom is -0.378 e. The van der Waals surface area contributed by atoms with Gasteiger partial charge in [0.25, 0.3) is 11.8 Å². The molecule has 0 radical (unpaired) electrons. The first kappa shape index (κ1) is 42.4. The molecule has 0 saturated carbocycles. The molecule has 3 amide bonds. The summed E-state index contributed by atoms with van der Waals surface area (Å²) in [6.45, 7) is 15.0. The lowest BCUT2D eigenvalue weighted by atomic mass is 10.4. The topological polar surface area (TPSA) is 132 Å². The second-order valence-corrected chi connectivity index (χ2v) is 12.4. The van der Waals surface area contributed by atoms with E-state index in [9.17, 15) is 24.0 Å². The minimum absolute atomic E-state index is 0.0330. The number of nitrogens with zero attached hydrogens (tertiary/aromatic N) is 3. The van der Waals surface area contributed by atoms with Crippen LogP contribution in [0.4, 0.5) is 0 Å². The van der Waals surface area contributed by atoms with Crippen LogP contribution >= 0.6 is 23.5 Å². The lowest BCUT2D eigenvalue weighted by Gasteiger charge is -2.15. The van der Waals surface area contributed by atoms with Gasteiger partial charge in [-0.15, -0.1) is 0 Å². The first-order valence-corrected chi connectivity index (χ1v) is 15.1. The van der Waals surface area contributed by atoms with Gasteiger partial charge in [0.05, 0.1) is 26.2 Å². The van der Waals surface area contributed by atoms with Gasteiger partial charge < -0.3 is 14.4 Å². The molecule has 0 aromatic carbocycles. The number of hydrogen-bond donors (Lipinski definition) is 0. The highest BCUT2D eigenvalue weighted by Gasteiger charge is 2.12. The number of amides is 3. The van der Waals surface area contributed by atoms with Gasteiger partial charge in [-0.3, -0.25) is 28.8 Å². The molecular formula is C26H51N3O9S2. The van der Waals surface area contributed by atoms with E-state index in [1.54, 1.807) is 30.6 Å². The third-order valence-electron chi connectivity index (χ3n) is 4.16. The SMILES string of the molecule is CC(=O)ON(C)C(=O)CCOC(C)C.CC(=O)ON(C)C(=O)CCSC(C)C.CON(C)C(=O)CCSC(C)C. The predicted octanol–water partition coefficient (Wildman–Crippen LogP) is 3.73. The van der Waals surface area contributed by atoms with Crippen molar-refractivity contribution in [1.29, 1.82) is 0 Å². The lowest BCUT2D eigenvalue weighted by molar-refractivity contribution is -0.191. The van der Waals surface area contributed by atoms with E-state index in [1.807, 2.05) is 13.8 Å². The first-order chi connectivity index (χ1) is 18.4. The Labute approximate surface area is 249 Å². The molecule has 0 atom stereocenters. The molecule has 0 aliphatic heterocycles. The lowest BCUT2D eigenvalue weighted by Crippen LogP contribution is -2.29. The van der Waals surface area contributed by atoms with Crippen LogP contribution in [0.1, 0.15) is 74.7 Å². The van der Waals surface area contributed by atoms with Gasteiger partial charge in [0.2, 0.25) is 5.91 Å². The van der Waals surface area contributed by atoms with Crippen molar-refractivity contribution >= 4 is 53.2 Å². The Bertz CT molecular complexity index is 694. The molecule has 0 bridgehead atoms. The minimum atomic E-state index is -0.509. The largest absolute Gasteiger partial charge is 0.378 e. The Morgan fingerprint density at radius 2 is 0.975 bits per heavy atom. The van der Waals surface area contributed by atoms with E-state index < -0.39 is 11.9 Å². The fraction of sp³-hybridized carbons (Fsp3) is 0.808. The van der Waals surface area contributed by atoms with Crippen LogP contribution in [0.2, 0.25) is 0 Å². The Balaban J connectivity index is -0.000000515. The van der Waals surface area contributed by atoms with Crippen molar-refractivity contribution in [2.24, 2.45) is 0 Å². The molecule has 236 valence electrons. The third kappa shape index (κ3) is 30.5.